The number of phosphoric acid groups is 2. The van der Waals surface area contributed by atoms with E-state index in [0.717, 1.165) is 0 Å². The lowest BCUT2D eigenvalue weighted by molar-refractivity contribution is -0.0618. The molecule has 14 nitrogen and oxygen atoms in total. The Bertz CT molecular complexity index is 738. The third-order valence-electron chi connectivity index (χ3n) is 3.83. The van der Waals surface area contributed by atoms with Gasteiger partial charge in [0.1, 0.15) is 30.5 Å². The molecule has 0 aromatic heterocycles. The van der Waals surface area contributed by atoms with Crippen molar-refractivity contribution in [3.05, 3.63) is 0 Å². The van der Waals surface area contributed by atoms with Crippen molar-refractivity contribution in [2.75, 3.05) is 6.61 Å². The van der Waals surface area contributed by atoms with Gasteiger partial charge in [0.2, 0.25) is 0 Å². The molecular weight excluding hydrogens is 396 g/mol. The molecule has 3 aliphatic heterocycles. The molecule has 0 spiro atoms. The van der Waals surface area contributed by atoms with E-state index in [-0.39, 0.29) is 12.3 Å². The molecule has 0 radical (unpaired) electrons. The van der Waals surface area contributed by atoms with Crippen LogP contribution >= 0.6 is 15.6 Å². The number of aliphatic imine (C=N–C) groups is 3. The van der Waals surface area contributed by atoms with Gasteiger partial charge >= 0.3 is 15.6 Å². The van der Waals surface area contributed by atoms with Crippen molar-refractivity contribution in [3.63, 3.8) is 0 Å². The van der Waals surface area contributed by atoms with Gasteiger partial charge in [-0.25, -0.2) is 19.1 Å². The summed E-state index contributed by atoms with van der Waals surface area (Å²) in [5, 5.41) is 10.1. The van der Waals surface area contributed by atoms with Crippen molar-refractivity contribution >= 4 is 34.2 Å². The van der Waals surface area contributed by atoms with E-state index in [9.17, 15) is 19.1 Å². The van der Waals surface area contributed by atoms with Crippen LogP contribution < -0.4 is 5.73 Å². The number of aliphatic hydroxyl groups excluding tert-OH is 1. The number of hydrogen-bond acceptors (Lipinski definition) is 11. The number of phosphoric ester groups is 1. The van der Waals surface area contributed by atoms with Gasteiger partial charge in [-0.1, -0.05) is 0 Å². The van der Waals surface area contributed by atoms with E-state index in [1.54, 1.807) is 4.90 Å². The van der Waals surface area contributed by atoms with E-state index in [4.69, 9.17) is 20.3 Å². The fraction of sp³-hybridized carbons (Fsp3) is 0.700. The van der Waals surface area contributed by atoms with Gasteiger partial charge in [-0.3, -0.25) is 9.52 Å². The number of hydrogen-bond donors (Lipinski definition) is 5. The van der Waals surface area contributed by atoms with Gasteiger partial charge in [-0.05, 0) is 0 Å². The van der Waals surface area contributed by atoms with Gasteiger partial charge in [-0.15, -0.1) is 0 Å². The molecular formula is C10H17N5O9P2. The lowest BCUT2D eigenvalue weighted by Gasteiger charge is -2.30. The first-order valence-electron chi connectivity index (χ1n) is 7.29. The third-order valence-corrected chi connectivity index (χ3v) is 5.98. The molecule has 1 fully saturated rings. The summed E-state index contributed by atoms with van der Waals surface area (Å²) in [6.07, 6.45) is -0.369. The van der Waals surface area contributed by atoms with E-state index in [0.29, 0.717) is 0 Å². The predicted octanol–water partition coefficient (Wildman–Crippen LogP) is -1.87. The van der Waals surface area contributed by atoms with Crippen molar-refractivity contribution < 1.29 is 42.5 Å². The number of fused-ring (bicyclic) bond motifs is 1. The Hall–Kier alpha value is -1.21. The number of amidine groups is 1. The molecule has 3 unspecified atom stereocenters. The Labute approximate surface area is 146 Å². The average Bonchev–Trinajstić information content (AvgIpc) is 3.07. The highest BCUT2D eigenvalue weighted by molar-refractivity contribution is 7.60. The average molecular weight is 413 g/mol. The van der Waals surface area contributed by atoms with E-state index >= 15 is 0 Å². The highest BCUT2D eigenvalue weighted by Crippen LogP contribution is 2.57. The number of rotatable bonds is 6. The summed E-state index contributed by atoms with van der Waals surface area (Å²) < 4.78 is 35.8. The van der Waals surface area contributed by atoms with Crippen molar-refractivity contribution in [1.29, 1.82) is 0 Å². The molecule has 0 aliphatic carbocycles. The fourth-order valence-corrected chi connectivity index (χ4v) is 4.31. The Morgan fingerprint density at radius 2 is 2.08 bits per heavy atom. The van der Waals surface area contributed by atoms with Gasteiger partial charge in [0.15, 0.2) is 6.17 Å². The second-order valence-corrected chi connectivity index (χ2v) is 8.49. The predicted molar refractivity (Wildman–Crippen MR) is 86.2 cm³/mol. The summed E-state index contributed by atoms with van der Waals surface area (Å²) in [7, 11) is -10.2. The molecule has 3 heterocycles. The SMILES string of the molecule is NC1=NC=NC2C1N=CN2[C@H]1C[C@@H](O)[C@@H](COP(=O)(O)OP(=O)(O)O)O1. The molecule has 0 saturated carbocycles. The van der Waals surface area contributed by atoms with Gasteiger partial charge in [0, 0.05) is 6.42 Å². The van der Waals surface area contributed by atoms with Crippen LogP contribution in [0.5, 0.6) is 0 Å². The van der Waals surface area contributed by atoms with Crippen LogP contribution in [0.15, 0.2) is 15.0 Å². The van der Waals surface area contributed by atoms with Gasteiger partial charge in [-0.2, -0.15) is 4.31 Å². The van der Waals surface area contributed by atoms with Crippen molar-refractivity contribution in [1.82, 2.24) is 4.90 Å². The summed E-state index contributed by atoms with van der Waals surface area (Å²) in [5.74, 6) is 0.290. The molecule has 26 heavy (non-hydrogen) atoms. The number of nitrogens with two attached hydrogens (primary N) is 1. The zero-order valence-electron chi connectivity index (χ0n) is 13.0. The Morgan fingerprint density at radius 3 is 2.77 bits per heavy atom. The highest BCUT2D eigenvalue weighted by Gasteiger charge is 2.45. The molecule has 146 valence electrons. The zero-order chi connectivity index (χ0) is 19.1. The number of ether oxygens (including phenoxy) is 1. The van der Waals surface area contributed by atoms with E-state index in [1.807, 2.05) is 0 Å². The minimum atomic E-state index is -5.22. The van der Waals surface area contributed by atoms with Crippen LogP contribution in [0, 0.1) is 0 Å². The summed E-state index contributed by atoms with van der Waals surface area (Å²) >= 11 is 0. The first kappa shape index (κ1) is 19.5. The fourth-order valence-electron chi connectivity index (χ4n) is 2.71. The minimum Gasteiger partial charge on any atom is -0.390 e. The monoisotopic (exact) mass is 413 g/mol. The Morgan fingerprint density at radius 1 is 1.35 bits per heavy atom. The lowest BCUT2D eigenvalue weighted by atomic mass is 10.1. The van der Waals surface area contributed by atoms with Crippen LogP contribution in [0.3, 0.4) is 0 Å². The van der Waals surface area contributed by atoms with Crippen LogP contribution in [-0.4, -0.2) is 80.4 Å². The Balaban J connectivity index is 1.58. The number of aliphatic hydroxyl groups is 1. The first-order chi connectivity index (χ1) is 12.1. The normalized spacial score (nSPS) is 36.1. The molecule has 0 aromatic rings. The summed E-state index contributed by atoms with van der Waals surface area (Å²) in [6, 6.07) is -0.467. The maximum absolute atomic E-state index is 11.5. The smallest absolute Gasteiger partial charge is 0.390 e. The molecule has 1 saturated heterocycles. The quantitative estimate of drug-likeness (QED) is 0.304. The van der Waals surface area contributed by atoms with Gasteiger partial charge in [0.25, 0.3) is 0 Å². The molecule has 0 aromatic carbocycles. The molecule has 3 rings (SSSR count). The second kappa shape index (κ2) is 7.08. The molecule has 3 aliphatic rings. The third kappa shape index (κ3) is 4.36. The molecule has 0 bridgehead atoms. The summed E-state index contributed by atoms with van der Waals surface area (Å²) in [4.78, 5) is 40.2. The van der Waals surface area contributed by atoms with Crippen LogP contribution in [0.2, 0.25) is 0 Å². The van der Waals surface area contributed by atoms with Crippen molar-refractivity contribution in [2.24, 2.45) is 20.7 Å². The molecule has 0 amide bonds. The van der Waals surface area contributed by atoms with Crippen LogP contribution in [0.1, 0.15) is 6.42 Å². The second-order valence-electron chi connectivity index (χ2n) is 5.66. The zero-order valence-corrected chi connectivity index (χ0v) is 14.8. The first-order valence-corrected chi connectivity index (χ1v) is 10.3. The molecule has 6 atom stereocenters. The largest absolute Gasteiger partial charge is 0.481 e. The maximum atomic E-state index is 11.5. The highest BCUT2D eigenvalue weighted by atomic mass is 31.3. The van der Waals surface area contributed by atoms with Crippen LogP contribution in [0.25, 0.3) is 0 Å². The van der Waals surface area contributed by atoms with E-state index in [2.05, 4.69) is 23.8 Å². The molecule has 6 N–H and O–H groups in total. The van der Waals surface area contributed by atoms with Crippen LogP contribution in [-0.2, 0) is 22.7 Å². The van der Waals surface area contributed by atoms with E-state index in [1.165, 1.54) is 12.7 Å². The standard InChI is InChI=1S/C10H17N5O9P2/c11-9-8-10(13-3-12-9)15(4-14-8)7-1-5(16)6(23-7)2-22-26(20,21)24-25(17,18)19/h3-8,10,16H,1-2H2,(H,20,21)(H2,11,12,13)(H2,17,18,19)/t5-,6-,7-,8?,10?/m1/s1. The van der Waals surface area contributed by atoms with Gasteiger partial charge < -0.3 is 35.2 Å². The summed E-state index contributed by atoms with van der Waals surface area (Å²) in [5.41, 5.74) is 5.75. The van der Waals surface area contributed by atoms with E-state index < -0.39 is 52.9 Å². The van der Waals surface area contributed by atoms with Crippen molar-refractivity contribution in [2.45, 2.75) is 37.1 Å². The molecule has 16 heteroatoms. The topological polar surface area (TPSA) is 209 Å². The number of nitrogens with zero attached hydrogens (tertiary/aromatic N) is 4. The maximum Gasteiger partial charge on any atom is 0.481 e. The van der Waals surface area contributed by atoms with Crippen molar-refractivity contribution in [3.8, 4) is 0 Å². The summed E-state index contributed by atoms with van der Waals surface area (Å²) in [6.45, 7) is -0.628. The van der Waals surface area contributed by atoms with Crippen LogP contribution in [0.4, 0.5) is 0 Å². The van der Waals surface area contributed by atoms with Gasteiger partial charge in [0.05, 0.1) is 19.0 Å². The Kier molecular flexibility index (Phi) is 5.32. The lowest BCUT2D eigenvalue weighted by Crippen LogP contribution is -2.47. The minimum absolute atomic E-state index is 0.116.